The molecule has 0 aromatic carbocycles. The fourth-order valence-corrected chi connectivity index (χ4v) is 7.16. The number of hydrogen-bond acceptors (Lipinski definition) is 12. The number of nitrogen functional groups attached to an aromatic ring is 1. The van der Waals surface area contributed by atoms with Crippen LogP contribution < -0.4 is 5.73 Å². The third kappa shape index (κ3) is 8.87. The highest BCUT2D eigenvalue weighted by molar-refractivity contribution is 8.14. The molecule has 0 saturated heterocycles. The minimum Gasteiger partial charge on any atom is -0.382 e. The second-order valence-electron chi connectivity index (χ2n) is 12.3. The van der Waals surface area contributed by atoms with Crippen LogP contribution in [0.25, 0.3) is 11.2 Å². The van der Waals surface area contributed by atoms with Crippen LogP contribution in [0.4, 0.5) is 5.82 Å². The van der Waals surface area contributed by atoms with Crippen molar-refractivity contribution in [3.8, 4) is 0 Å². The third-order valence-electron chi connectivity index (χ3n) is 6.59. The largest absolute Gasteiger partial charge is 0.382 e. The van der Waals surface area contributed by atoms with E-state index in [1.807, 2.05) is 60.0 Å². The molecule has 3 rings (SSSR count). The zero-order chi connectivity index (χ0) is 30.6. The highest BCUT2D eigenvalue weighted by atomic mass is 32.2. The lowest BCUT2D eigenvalue weighted by atomic mass is 9.99. The molecular formula is C27H42N5O6PS2. The van der Waals surface area contributed by atoms with E-state index in [-0.39, 0.29) is 35.8 Å². The second kappa shape index (κ2) is 13.3. The quantitative estimate of drug-likeness (QED) is 0.170. The molecular weight excluding hydrogens is 585 g/mol. The number of carbonyl (C=O) groups excluding carboxylic acids is 2. The Morgan fingerprint density at radius 1 is 1.05 bits per heavy atom. The summed E-state index contributed by atoms with van der Waals surface area (Å²) >= 11 is 2.27. The Labute approximate surface area is 250 Å². The highest BCUT2D eigenvalue weighted by Gasteiger charge is 2.40. The molecule has 1 aliphatic carbocycles. The second-order valence-corrected chi connectivity index (χ2v) is 16.4. The molecule has 0 fully saturated rings. The number of thioether (sulfide) groups is 2. The monoisotopic (exact) mass is 627 g/mol. The summed E-state index contributed by atoms with van der Waals surface area (Å²) in [5.41, 5.74) is 6.34. The van der Waals surface area contributed by atoms with Gasteiger partial charge in [0.1, 0.15) is 18.2 Å². The number of anilines is 1. The number of rotatable bonds is 12. The van der Waals surface area contributed by atoms with E-state index >= 15 is 0 Å². The van der Waals surface area contributed by atoms with Crippen molar-refractivity contribution in [3.05, 3.63) is 24.3 Å². The molecule has 228 valence electrons. The molecule has 41 heavy (non-hydrogen) atoms. The van der Waals surface area contributed by atoms with Crippen LogP contribution in [-0.4, -0.2) is 66.4 Å². The van der Waals surface area contributed by atoms with E-state index in [2.05, 4.69) is 21.0 Å². The highest BCUT2D eigenvalue weighted by Crippen LogP contribution is 2.51. The normalized spacial score (nSPS) is 20.0. The van der Waals surface area contributed by atoms with Gasteiger partial charge < -0.3 is 24.1 Å². The Kier molecular flexibility index (Phi) is 10.9. The lowest BCUT2D eigenvalue weighted by Crippen LogP contribution is -2.29. The summed E-state index contributed by atoms with van der Waals surface area (Å²) in [6, 6.07) is -0.111. The van der Waals surface area contributed by atoms with Gasteiger partial charge in [0, 0.05) is 28.8 Å². The van der Waals surface area contributed by atoms with Gasteiger partial charge in [-0.05, 0) is 19.4 Å². The average Bonchev–Trinajstić information content (AvgIpc) is 3.44. The molecule has 0 radical (unpaired) electrons. The van der Waals surface area contributed by atoms with Gasteiger partial charge in [-0.15, -0.1) is 0 Å². The van der Waals surface area contributed by atoms with Gasteiger partial charge in [-0.25, -0.2) is 15.0 Å². The van der Waals surface area contributed by atoms with Crippen molar-refractivity contribution in [3.63, 3.8) is 0 Å². The van der Waals surface area contributed by atoms with Crippen LogP contribution >= 0.6 is 31.1 Å². The summed E-state index contributed by atoms with van der Waals surface area (Å²) in [5, 5.41) is 0.0454. The molecule has 0 unspecified atom stereocenters. The molecule has 0 spiro atoms. The van der Waals surface area contributed by atoms with Gasteiger partial charge in [0.15, 0.2) is 21.7 Å². The number of fused-ring (bicyclic) bond motifs is 1. The number of ether oxygens (including phenoxy) is 1. The number of allylic oxidation sites excluding steroid dienone is 1. The molecule has 0 amide bonds. The fraction of sp³-hybridized carbons (Fsp3) is 0.667. The van der Waals surface area contributed by atoms with E-state index in [0.717, 1.165) is 29.1 Å². The van der Waals surface area contributed by atoms with Gasteiger partial charge in [0.2, 0.25) is 0 Å². The Balaban J connectivity index is 1.66. The lowest BCUT2D eigenvalue weighted by molar-refractivity contribution is -0.118. The summed E-state index contributed by atoms with van der Waals surface area (Å²) in [5.74, 6) is 0.974. The SMILES string of the molecule is CC1=C[C@H](n2cnc3c(N)ncnc32)C[C@]1(C)OCP(=O)(OCCSC(=O)C(C)(C)C)OCCSC(=O)C(C)(C)C. The van der Waals surface area contributed by atoms with Crippen LogP contribution in [0.1, 0.15) is 67.9 Å². The standard InChI is InChI=1S/C27H42N5O6PS2/c1-18-13-19(32-16-31-20-21(28)29-15-30-22(20)32)14-27(18,8)36-17-39(35,37-9-11-40-23(33)25(2,3)4)38-10-12-41-24(34)26(5,6)7/h13,15-16,19H,9-12,14,17H2,1-8H3,(H2,28,29,30)/t19-,27-/m0/s1. The summed E-state index contributed by atoms with van der Waals surface area (Å²) in [7, 11) is -3.72. The van der Waals surface area contributed by atoms with E-state index in [1.165, 1.54) is 6.33 Å². The lowest BCUT2D eigenvalue weighted by Gasteiger charge is -2.30. The number of carbonyl (C=O) groups is 2. The maximum absolute atomic E-state index is 13.8. The van der Waals surface area contributed by atoms with Crippen LogP contribution in [-0.2, 0) is 27.9 Å². The van der Waals surface area contributed by atoms with E-state index in [1.54, 1.807) is 6.33 Å². The molecule has 0 saturated carbocycles. The number of nitrogens with two attached hydrogens (primary N) is 1. The van der Waals surface area contributed by atoms with Crippen LogP contribution in [0.15, 0.2) is 24.3 Å². The van der Waals surface area contributed by atoms with Gasteiger partial charge in [-0.3, -0.25) is 14.2 Å². The van der Waals surface area contributed by atoms with Gasteiger partial charge >= 0.3 is 7.60 Å². The van der Waals surface area contributed by atoms with Crippen molar-refractivity contribution in [1.29, 1.82) is 0 Å². The zero-order valence-electron chi connectivity index (χ0n) is 25.1. The van der Waals surface area contributed by atoms with Crippen molar-refractivity contribution in [2.24, 2.45) is 10.8 Å². The smallest absolute Gasteiger partial charge is 0.356 e. The van der Waals surface area contributed by atoms with E-state index in [4.69, 9.17) is 19.5 Å². The van der Waals surface area contributed by atoms with E-state index in [9.17, 15) is 14.2 Å². The topological polar surface area (TPSA) is 149 Å². The summed E-state index contributed by atoms with van der Waals surface area (Å²) < 4.78 is 33.5. The fourth-order valence-electron chi connectivity index (χ4n) is 3.94. The van der Waals surface area contributed by atoms with Gasteiger partial charge in [-0.1, -0.05) is 71.1 Å². The Morgan fingerprint density at radius 3 is 2.15 bits per heavy atom. The molecule has 14 heteroatoms. The maximum atomic E-state index is 13.8. The summed E-state index contributed by atoms with van der Waals surface area (Å²) in [6.07, 6.45) is 5.41. The molecule has 0 aliphatic heterocycles. The number of imidazole rings is 1. The third-order valence-corrected chi connectivity index (χ3v) is 10.7. The molecule has 2 atom stereocenters. The first-order chi connectivity index (χ1) is 19.0. The Morgan fingerprint density at radius 2 is 1.61 bits per heavy atom. The van der Waals surface area contributed by atoms with Crippen molar-refractivity contribution in [2.45, 2.75) is 73.5 Å². The van der Waals surface area contributed by atoms with Crippen molar-refractivity contribution in [1.82, 2.24) is 19.5 Å². The summed E-state index contributed by atoms with van der Waals surface area (Å²) in [6.45, 7) is 15.1. The molecule has 2 heterocycles. The number of nitrogens with zero attached hydrogens (tertiary/aromatic N) is 4. The maximum Gasteiger partial charge on any atom is 0.356 e. The number of hydrogen-bond donors (Lipinski definition) is 1. The molecule has 0 bridgehead atoms. The molecule has 11 nitrogen and oxygen atoms in total. The van der Waals surface area contributed by atoms with Crippen LogP contribution in [0, 0.1) is 10.8 Å². The molecule has 2 aromatic heterocycles. The average molecular weight is 628 g/mol. The van der Waals surface area contributed by atoms with Crippen LogP contribution in [0.5, 0.6) is 0 Å². The molecule has 2 N–H and O–H groups in total. The molecule has 2 aromatic rings. The Hall–Kier alpha value is -1.76. The van der Waals surface area contributed by atoms with E-state index in [0.29, 0.717) is 34.9 Å². The first kappa shape index (κ1) is 33.7. The first-order valence-corrected chi connectivity index (χ1v) is 17.1. The number of aromatic nitrogens is 4. The zero-order valence-corrected chi connectivity index (χ0v) is 27.7. The van der Waals surface area contributed by atoms with E-state index < -0.39 is 24.0 Å². The van der Waals surface area contributed by atoms with Crippen LogP contribution in [0.3, 0.4) is 0 Å². The predicted molar refractivity (Wildman–Crippen MR) is 165 cm³/mol. The van der Waals surface area contributed by atoms with Gasteiger partial charge in [0.05, 0.1) is 31.2 Å². The minimum atomic E-state index is -3.72. The summed E-state index contributed by atoms with van der Waals surface area (Å²) in [4.78, 5) is 37.3. The minimum absolute atomic E-state index is 0.0227. The van der Waals surface area contributed by atoms with Crippen molar-refractivity contribution >= 4 is 58.3 Å². The van der Waals surface area contributed by atoms with Crippen molar-refractivity contribution in [2.75, 3.05) is 36.8 Å². The van der Waals surface area contributed by atoms with Gasteiger partial charge in [0.25, 0.3) is 0 Å². The molecule has 1 aliphatic rings. The van der Waals surface area contributed by atoms with Crippen molar-refractivity contribution < 1.29 is 27.9 Å². The van der Waals surface area contributed by atoms with Crippen LogP contribution in [0.2, 0.25) is 0 Å². The first-order valence-electron chi connectivity index (χ1n) is 13.4. The van der Waals surface area contributed by atoms with Gasteiger partial charge in [-0.2, -0.15) is 0 Å². The Bertz CT molecular complexity index is 1300. The predicted octanol–water partition coefficient (Wildman–Crippen LogP) is 5.87.